The van der Waals surface area contributed by atoms with Gasteiger partial charge >= 0.3 is 0 Å². The first-order chi connectivity index (χ1) is 13.8. The van der Waals surface area contributed by atoms with Crippen LogP contribution in [0, 0.1) is 19.7 Å². The number of carbonyl (C=O) groups is 2. The standard InChI is InChI=1S/C23H28FN3O2/c1-17-6-4-5-7-20(17)15-25(3)22(28)16-26-10-12-27(13-11-26)23(29)19-9-8-18(2)21(24)14-19/h4-9,14H,10-13,15-16H2,1-3H3. The van der Waals surface area contributed by atoms with E-state index in [1.54, 1.807) is 28.9 Å². The quantitative estimate of drug-likeness (QED) is 0.779. The van der Waals surface area contributed by atoms with Gasteiger partial charge in [0.05, 0.1) is 6.54 Å². The summed E-state index contributed by atoms with van der Waals surface area (Å²) in [5, 5.41) is 0. The second kappa shape index (κ2) is 9.18. The van der Waals surface area contributed by atoms with Gasteiger partial charge in [0, 0.05) is 45.3 Å². The Balaban J connectivity index is 1.50. The highest BCUT2D eigenvalue weighted by atomic mass is 19.1. The van der Waals surface area contributed by atoms with Crippen LogP contribution in [0.1, 0.15) is 27.0 Å². The maximum atomic E-state index is 13.7. The van der Waals surface area contributed by atoms with Crippen molar-refractivity contribution in [2.75, 3.05) is 39.8 Å². The largest absolute Gasteiger partial charge is 0.340 e. The Bertz CT molecular complexity index is 891. The average molecular weight is 397 g/mol. The highest BCUT2D eigenvalue weighted by Crippen LogP contribution is 2.14. The Hall–Kier alpha value is -2.73. The highest BCUT2D eigenvalue weighted by molar-refractivity contribution is 5.94. The van der Waals surface area contributed by atoms with E-state index in [1.165, 1.54) is 11.6 Å². The topological polar surface area (TPSA) is 43.9 Å². The van der Waals surface area contributed by atoms with Crippen molar-refractivity contribution in [2.45, 2.75) is 20.4 Å². The zero-order valence-electron chi connectivity index (χ0n) is 17.3. The molecule has 5 nitrogen and oxygen atoms in total. The molecular formula is C23H28FN3O2. The number of halogens is 1. The van der Waals surface area contributed by atoms with Crippen molar-refractivity contribution in [3.05, 3.63) is 70.5 Å². The molecule has 0 unspecified atom stereocenters. The maximum absolute atomic E-state index is 13.7. The van der Waals surface area contributed by atoms with Crippen molar-refractivity contribution in [2.24, 2.45) is 0 Å². The summed E-state index contributed by atoms with van der Waals surface area (Å²) in [4.78, 5) is 30.7. The second-order valence-electron chi connectivity index (χ2n) is 7.71. The van der Waals surface area contributed by atoms with Gasteiger partial charge in [-0.25, -0.2) is 4.39 Å². The molecule has 2 aromatic carbocycles. The zero-order valence-corrected chi connectivity index (χ0v) is 17.3. The lowest BCUT2D eigenvalue weighted by Gasteiger charge is -2.35. The number of hydrogen-bond acceptors (Lipinski definition) is 3. The van der Waals surface area contributed by atoms with Gasteiger partial charge in [-0.2, -0.15) is 0 Å². The van der Waals surface area contributed by atoms with Crippen LogP contribution in [0.2, 0.25) is 0 Å². The van der Waals surface area contributed by atoms with Gasteiger partial charge in [0.25, 0.3) is 5.91 Å². The Morgan fingerprint density at radius 2 is 1.69 bits per heavy atom. The van der Waals surface area contributed by atoms with Crippen LogP contribution in [-0.2, 0) is 11.3 Å². The van der Waals surface area contributed by atoms with E-state index in [2.05, 4.69) is 4.90 Å². The molecule has 0 radical (unpaired) electrons. The molecule has 3 rings (SSSR count). The van der Waals surface area contributed by atoms with Crippen molar-refractivity contribution in [1.29, 1.82) is 0 Å². The first-order valence-corrected chi connectivity index (χ1v) is 9.91. The lowest BCUT2D eigenvalue weighted by molar-refractivity contribution is -0.132. The van der Waals surface area contributed by atoms with Crippen LogP contribution in [0.5, 0.6) is 0 Å². The lowest BCUT2D eigenvalue weighted by Crippen LogP contribution is -2.51. The van der Waals surface area contributed by atoms with Gasteiger partial charge < -0.3 is 9.80 Å². The second-order valence-corrected chi connectivity index (χ2v) is 7.71. The van der Waals surface area contributed by atoms with Gasteiger partial charge in [0.1, 0.15) is 5.82 Å². The van der Waals surface area contributed by atoms with Crippen LogP contribution in [0.3, 0.4) is 0 Å². The molecule has 0 bridgehead atoms. The summed E-state index contributed by atoms with van der Waals surface area (Å²) >= 11 is 0. The molecule has 154 valence electrons. The number of aryl methyl sites for hydroxylation is 2. The molecule has 1 heterocycles. The Morgan fingerprint density at radius 1 is 1.00 bits per heavy atom. The van der Waals surface area contributed by atoms with Crippen LogP contribution in [0.25, 0.3) is 0 Å². The van der Waals surface area contributed by atoms with Crippen molar-refractivity contribution in [1.82, 2.24) is 14.7 Å². The summed E-state index contributed by atoms with van der Waals surface area (Å²) in [7, 11) is 1.82. The molecule has 2 aromatic rings. The minimum Gasteiger partial charge on any atom is -0.340 e. The molecular weight excluding hydrogens is 369 g/mol. The molecule has 6 heteroatoms. The number of nitrogens with zero attached hydrogens (tertiary/aromatic N) is 3. The molecule has 0 saturated carbocycles. The predicted molar refractivity (Wildman–Crippen MR) is 111 cm³/mol. The minimum atomic E-state index is -0.364. The smallest absolute Gasteiger partial charge is 0.254 e. The molecule has 0 atom stereocenters. The van der Waals surface area contributed by atoms with E-state index in [0.29, 0.717) is 50.4 Å². The van der Waals surface area contributed by atoms with Crippen LogP contribution in [-0.4, -0.2) is 66.3 Å². The van der Waals surface area contributed by atoms with Gasteiger partial charge in [0.2, 0.25) is 5.91 Å². The molecule has 2 amide bonds. The number of likely N-dealkylation sites (N-methyl/N-ethyl adjacent to an activating group) is 1. The van der Waals surface area contributed by atoms with E-state index in [0.717, 1.165) is 5.56 Å². The average Bonchev–Trinajstić information content (AvgIpc) is 2.71. The fraction of sp³-hybridized carbons (Fsp3) is 0.391. The normalized spacial score (nSPS) is 14.7. The number of carbonyl (C=O) groups excluding carboxylic acids is 2. The number of benzene rings is 2. The third kappa shape index (κ3) is 5.21. The van der Waals surface area contributed by atoms with Crippen molar-refractivity contribution in [3.8, 4) is 0 Å². The number of piperazine rings is 1. The van der Waals surface area contributed by atoms with Crippen molar-refractivity contribution >= 4 is 11.8 Å². The summed E-state index contributed by atoms with van der Waals surface area (Å²) in [6.07, 6.45) is 0. The van der Waals surface area contributed by atoms with Crippen molar-refractivity contribution in [3.63, 3.8) is 0 Å². The molecule has 0 aromatic heterocycles. The number of amides is 2. The lowest BCUT2D eigenvalue weighted by atomic mass is 10.1. The summed E-state index contributed by atoms with van der Waals surface area (Å²) < 4.78 is 13.7. The molecule has 29 heavy (non-hydrogen) atoms. The zero-order chi connectivity index (χ0) is 21.0. The predicted octanol–water partition coefficient (Wildman–Crippen LogP) is 2.86. The van der Waals surface area contributed by atoms with Gasteiger partial charge in [-0.1, -0.05) is 30.3 Å². The third-order valence-electron chi connectivity index (χ3n) is 5.53. The van der Waals surface area contributed by atoms with Gasteiger partial charge in [-0.05, 0) is 42.7 Å². The van der Waals surface area contributed by atoms with E-state index in [1.807, 2.05) is 38.2 Å². The highest BCUT2D eigenvalue weighted by Gasteiger charge is 2.24. The van der Waals surface area contributed by atoms with Crippen LogP contribution >= 0.6 is 0 Å². The molecule has 0 spiro atoms. The van der Waals surface area contributed by atoms with Crippen LogP contribution < -0.4 is 0 Å². The molecule has 1 aliphatic heterocycles. The Labute approximate surface area is 171 Å². The van der Waals surface area contributed by atoms with Crippen LogP contribution in [0.15, 0.2) is 42.5 Å². The summed E-state index contributed by atoms with van der Waals surface area (Å²) in [6.45, 7) is 6.96. The van der Waals surface area contributed by atoms with E-state index in [9.17, 15) is 14.0 Å². The fourth-order valence-corrected chi connectivity index (χ4v) is 3.46. The molecule has 1 saturated heterocycles. The van der Waals surface area contributed by atoms with E-state index < -0.39 is 0 Å². The summed E-state index contributed by atoms with van der Waals surface area (Å²) in [6, 6.07) is 12.7. The Morgan fingerprint density at radius 3 is 2.34 bits per heavy atom. The van der Waals surface area contributed by atoms with Crippen molar-refractivity contribution < 1.29 is 14.0 Å². The molecule has 1 fully saturated rings. The molecule has 1 aliphatic rings. The van der Waals surface area contributed by atoms with Gasteiger partial charge in [-0.15, -0.1) is 0 Å². The summed E-state index contributed by atoms with van der Waals surface area (Å²) in [5.74, 6) is -0.461. The van der Waals surface area contributed by atoms with Gasteiger partial charge in [0.15, 0.2) is 0 Å². The number of rotatable bonds is 5. The minimum absolute atomic E-state index is 0.0636. The summed E-state index contributed by atoms with van der Waals surface area (Å²) in [5.41, 5.74) is 3.21. The number of hydrogen-bond donors (Lipinski definition) is 0. The maximum Gasteiger partial charge on any atom is 0.254 e. The van der Waals surface area contributed by atoms with Gasteiger partial charge in [-0.3, -0.25) is 14.5 Å². The third-order valence-corrected chi connectivity index (χ3v) is 5.53. The molecule has 0 N–H and O–H groups in total. The SMILES string of the molecule is Cc1ccc(C(=O)N2CCN(CC(=O)N(C)Cc3ccccc3C)CC2)cc1F. The first kappa shape index (κ1) is 21.0. The van der Waals surface area contributed by atoms with E-state index in [-0.39, 0.29) is 17.6 Å². The first-order valence-electron chi connectivity index (χ1n) is 9.91. The van der Waals surface area contributed by atoms with Crippen LogP contribution in [0.4, 0.5) is 4.39 Å². The fourth-order valence-electron chi connectivity index (χ4n) is 3.46. The Kier molecular flexibility index (Phi) is 6.64. The van der Waals surface area contributed by atoms with E-state index >= 15 is 0 Å². The van der Waals surface area contributed by atoms with E-state index in [4.69, 9.17) is 0 Å². The monoisotopic (exact) mass is 397 g/mol. The molecule has 0 aliphatic carbocycles.